The van der Waals surface area contributed by atoms with Gasteiger partial charge in [-0.25, -0.2) is 4.98 Å². The molecule has 0 radical (unpaired) electrons. The van der Waals surface area contributed by atoms with Crippen LogP contribution in [0.2, 0.25) is 0 Å². The van der Waals surface area contributed by atoms with Gasteiger partial charge in [-0.3, -0.25) is 0 Å². The van der Waals surface area contributed by atoms with Crippen LogP contribution < -0.4 is 20.1 Å². The zero-order valence-electron chi connectivity index (χ0n) is 15.6. The lowest BCUT2D eigenvalue weighted by Crippen LogP contribution is -2.20. The molecule has 0 aliphatic carbocycles. The van der Waals surface area contributed by atoms with E-state index in [9.17, 15) is 0 Å². The van der Waals surface area contributed by atoms with Crippen LogP contribution in [-0.4, -0.2) is 43.9 Å². The van der Waals surface area contributed by atoms with Crippen molar-refractivity contribution in [2.45, 2.75) is 25.8 Å². The Labute approximate surface area is 154 Å². The fourth-order valence-corrected chi connectivity index (χ4v) is 3.14. The zero-order valence-corrected chi connectivity index (χ0v) is 15.6. The van der Waals surface area contributed by atoms with E-state index in [1.165, 1.54) is 0 Å². The number of nitrogen functional groups attached to an aromatic ring is 1. The first kappa shape index (κ1) is 18.3. The molecule has 3 rings (SSSR count). The average molecular weight is 358 g/mol. The van der Waals surface area contributed by atoms with Crippen LogP contribution in [0.4, 0.5) is 11.8 Å². The number of benzene rings is 1. The van der Waals surface area contributed by atoms with Gasteiger partial charge in [-0.1, -0.05) is 12.1 Å². The third kappa shape index (κ3) is 3.99. The monoisotopic (exact) mass is 358 g/mol. The predicted molar refractivity (Wildman–Crippen MR) is 101 cm³/mol. The number of aromatic nitrogens is 2. The van der Waals surface area contributed by atoms with Gasteiger partial charge >= 0.3 is 0 Å². The standard InChI is InChI=1S/C19H26N4O3/c1-4-26-18-13(6-5-7-16(18)24-3)11-23(2)17-10-15(21-19(20)22-17)14-8-9-25-12-14/h5-7,10,14H,4,8-9,11-12H2,1-3H3,(H2,20,21,22)/t14-/m1/s1. The first-order chi connectivity index (χ1) is 12.6. The molecule has 1 aromatic heterocycles. The summed E-state index contributed by atoms with van der Waals surface area (Å²) in [6.07, 6.45) is 0.962. The average Bonchev–Trinajstić information content (AvgIpc) is 3.17. The highest BCUT2D eigenvalue weighted by atomic mass is 16.5. The summed E-state index contributed by atoms with van der Waals surface area (Å²) in [6, 6.07) is 7.88. The van der Waals surface area contributed by atoms with Crippen LogP contribution in [-0.2, 0) is 11.3 Å². The molecule has 2 heterocycles. The minimum absolute atomic E-state index is 0.281. The maximum atomic E-state index is 5.95. The molecule has 0 bridgehead atoms. The molecule has 1 atom stereocenters. The molecule has 7 heteroatoms. The third-order valence-corrected chi connectivity index (χ3v) is 4.47. The van der Waals surface area contributed by atoms with Crippen LogP contribution in [0.5, 0.6) is 11.5 Å². The number of nitrogens with two attached hydrogens (primary N) is 1. The Balaban J connectivity index is 1.85. The Bertz CT molecular complexity index is 748. The Hall–Kier alpha value is -2.54. The second-order valence-electron chi connectivity index (χ2n) is 6.31. The molecular formula is C19H26N4O3. The van der Waals surface area contributed by atoms with Crippen LogP contribution in [0.1, 0.15) is 30.5 Å². The number of ether oxygens (including phenoxy) is 3. The number of hydrogen-bond donors (Lipinski definition) is 1. The molecule has 2 N–H and O–H groups in total. The number of methoxy groups -OCH3 is 1. The largest absolute Gasteiger partial charge is 0.493 e. The molecular weight excluding hydrogens is 332 g/mol. The van der Waals surface area contributed by atoms with Crippen LogP contribution in [0.25, 0.3) is 0 Å². The highest BCUT2D eigenvalue weighted by molar-refractivity contribution is 5.50. The van der Waals surface area contributed by atoms with E-state index in [-0.39, 0.29) is 11.9 Å². The van der Waals surface area contributed by atoms with E-state index in [4.69, 9.17) is 19.9 Å². The summed E-state index contributed by atoms with van der Waals surface area (Å²) in [5.74, 6) is 2.83. The topological polar surface area (TPSA) is 82.7 Å². The SMILES string of the molecule is CCOc1c(CN(C)c2cc([C@@H]3CCOC3)nc(N)n2)cccc1OC. The van der Waals surface area contributed by atoms with E-state index in [2.05, 4.69) is 9.97 Å². The van der Waals surface area contributed by atoms with Gasteiger partial charge in [0.25, 0.3) is 0 Å². The molecule has 1 aliphatic rings. The van der Waals surface area contributed by atoms with Gasteiger partial charge in [-0.15, -0.1) is 0 Å². The fourth-order valence-electron chi connectivity index (χ4n) is 3.14. The van der Waals surface area contributed by atoms with Crippen molar-refractivity contribution in [3.63, 3.8) is 0 Å². The molecule has 0 unspecified atom stereocenters. The van der Waals surface area contributed by atoms with Crippen molar-refractivity contribution in [3.05, 3.63) is 35.5 Å². The van der Waals surface area contributed by atoms with Crippen molar-refractivity contribution in [1.29, 1.82) is 0 Å². The van der Waals surface area contributed by atoms with Gasteiger partial charge in [0.2, 0.25) is 5.95 Å². The van der Waals surface area contributed by atoms with Gasteiger partial charge < -0.3 is 24.8 Å². The first-order valence-corrected chi connectivity index (χ1v) is 8.84. The number of hydrogen-bond acceptors (Lipinski definition) is 7. The number of rotatable bonds is 7. The van der Waals surface area contributed by atoms with Crippen LogP contribution in [0, 0.1) is 0 Å². The van der Waals surface area contributed by atoms with Crippen molar-refractivity contribution >= 4 is 11.8 Å². The van der Waals surface area contributed by atoms with E-state index in [0.29, 0.717) is 19.8 Å². The minimum Gasteiger partial charge on any atom is -0.493 e. The van der Waals surface area contributed by atoms with Crippen molar-refractivity contribution in [2.75, 3.05) is 44.6 Å². The number of anilines is 2. The fraction of sp³-hybridized carbons (Fsp3) is 0.474. The van der Waals surface area contributed by atoms with E-state index in [1.54, 1.807) is 7.11 Å². The highest BCUT2D eigenvalue weighted by Crippen LogP contribution is 2.33. The normalized spacial score (nSPS) is 16.5. The second kappa shape index (κ2) is 8.23. The lowest BCUT2D eigenvalue weighted by molar-refractivity contribution is 0.193. The van der Waals surface area contributed by atoms with Gasteiger partial charge in [-0.2, -0.15) is 4.98 Å². The predicted octanol–water partition coefficient (Wildman–Crippen LogP) is 2.61. The summed E-state index contributed by atoms with van der Waals surface area (Å²) in [7, 11) is 3.62. The van der Waals surface area contributed by atoms with E-state index < -0.39 is 0 Å². The lowest BCUT2D eigenvalue weighted by Gasteiger charge is -2.22. The summed E-state index contributed by atoms with van der Waals surface area (Å²) >= 11 is 0. The Morgan fingerprint density at radius 3 is 2.88 bits per heavy atom. The lowest BCUT2D eigenvalue weighted by atomic mass is 10.0. The zero-order chi connectivity index (χ0) is 18.5. The van der Waals surface area contributed by atoms with Gasteiger partial charge in [0.15, 0.2) is 11.5 Å². The van der Waals surface area contributed by atoms with Gasteiger partial charge in [0.05, 0.1) is 26.0 Å². The Morgan fingerprint density at radius 2 is 2.19 bits per heavy atom. The molecule has 1 fully saturated rings. The van der Waals surface area contributed by atoms with Crippen LogP contribution in [0.15, 0.2) is 24.3 Å². The molecule has 0 saturated carbocycles. The summed E-state index contributed by atoms with van der Waals surface area (Å²) < 4.78 is 16.7. The number of nitrogens with zero attached hydrogens (tertiary/aromatic N) is 3. The Morgan fingerprint density at radius 1 is 1.35 bits per heavy atom. The van der Waals surface area contributed by atoms with Crippen LogP contribution in [0.3, 0.4) is 0 Å². The second-order valence-corrected chi connectivity index (χ2v) is 6.31. The first-order valence-electron chi connectivity index (χ1n) is 8.84. The number of para-hydroxylation sites is 1. The van der Waals surface area contributed by atoms with E-state index in [1.807, 2.05) is 43.1 Å². The molecule has 7 nitrogen and oxygen atoms in total. The summed E-state index contributed by atoms with van der Waals surface area (Å²) in [6.45, 7) is 4.60. The van der Waals surface area contributed by atoms with Gasteiger partial charge in [0.1, 0.15) is 5.82 Å². The van der Waals surface area contributed by atoms with Crippen molar-refractivity contribution in [1.82, 2.24) is 9.97 Å². The molecule has 140 valence electrons. The summed E-state index contributed by atoms with van der Waals surface area (Å²) in [5, 5.41) is 0. The van der Waals surface area contributed by atoms with Crippen molar-refractivity contribution in [2.24, 2.45) is 0 Å². The maximum absolute atomic E-state index is 5.95. The van der Waals surface area contributed by atoms with Crippen molar-refractivity contribution < 1.29 is 14.2 Å². The Kier molecular flexibility index (Phi) is 5.78. The molecule has 26 heavy (non-hydrogen) atoms. The molecule has 0 spiro atoms. The van der Waals surface area contributed by atoms with Gasteiger partial charge in [0, 0.05) is 37.7 Å². The van der Waals surface area contributed by atoms with E-state index in [0.717, 1.165) is 41.6 Å². The molecule has 2 aromatic rings. The molecule has 1 aromatic carbocycles. The minimum atomic E-state index is 0.281. The molecule has 1 saturated heterocycles. The molecule has 1 aliphatic heterocycles. The summed E-state index contributed by atoms with van der Waals surface area (Å²) in [5.41, 5.74) is 7.91. The van der Waals surface area contributed by atoms with Crippen LogP contribution >= 0.6 is 0 Å². The third-order valence-electron chi connectivity index (χ3n) is 4.47. The quantitative estimate of drug-likeness (QED) is 0.814. The van der Waals surface area contributed by atoms with Gasteiger partial charge in [-0.05, 0) is 19.4 Å². The molecule has 0 amide bonds. The van der Waals surface area contributed by atoms with Crippen molar-refractivity contribution in [3.8, 4) is 11.5 Å². The summed E-state index contributed by atoms with van der Waals surface area (Å²) in [4.78, 5) is 10.8. The van der Waals surface area contributed by atoms with E-state index >= 15 is 0 Å². The highest BCUT2D eigenvalue weighted by Gasteiger charge is 2.21. The smallest absolute Gasteiger partial charge is 0.222 e. The maximum Gasteiger partial charge on any atom is 0.222 e.